The fourth-order valence-corrected chi connectivity index (χ4v) is 3.37. The number of nitrogens with zero attached hydrogens (tertiary/aromatic N) is 2. The van der Waals surface area contributed by atoms with Gasteiger partial charge in [-0.2, -0.15) is 0 Å². The molecule has 1 spiro atoms. The molecule has 0 bridgehead atoms. The maximum absolute atomic E-state index is 11.8. The first-order valence-corrected chi connectivity index (χ1v) is 7.82. The molecule has 0 radical (unpaired) electrons. The summed E-state index contributed by atoms with van der Waals surface area (Å²) in [6, 6.07) is 10.3. The Labute approximate surface area is 131 Å². The zero-order valence-electron chi connectivity index (χ0n) is 13.0. The molecule has 116 valence electrons. The van der Waals surface area contributed by atoms with Crippen molar-refractivity contribution in [2.45, 2.75) is 25.8 Å². The van der Waals surface area contributed by atoms with Crippen LogP contribution < -0.4 is 0 Å². The Kier molecular flexibility index (Phi) is 4.27. The summed E-state index contributed by atoms with van der Waals surface area (Å²) >= 11 is 0. The number of likely N-dealkylation sites (tertiary alicyclic amines) is 1. The highest BCUT2D eigenvalue weighted by atomic mass is 16.5. The van der Waals surface area contributed by atoms with Gasteiger partial charge in [-0.3, -0.25) is 4.99 Å². The van der Waals surface area contributed by atoms with Crippen LogP contribution in [0.4, 0.5) is 4.79 Å². The lowest BCUT2D eigenvalue weighted by Gasteiger charge is -2.30. The van der Waals surface area contributed by atoms with Crippen LogP contribution in [0.25, 0.3) is 0 Å². The molecule has 1 aliphatic carbocycles. The average molecular weight is 298 g/mol. The first-order chi connectivity index (χ1) is 10.7. The molecule has 1 heterocycles. The van der Waals surface area contributed by atoms with Crippen LogP contribution in [-0.2, 0) is 11.3 Å². The second-order valence-electron chi connectivity index (χ2n) is 5.99. The minimum Gasteiger partial charge on any atom is -0.453 e. The van der Waals surface area contributed by atoms with E-state index in [1.165, 1.54) is 18.4 Å². The minimum atomic E-state index is -0.238. The highest BCUT2D eigenvalue weighted by Gasteiger charge is 2.43. The molecule has 1 fully saturated rings. The summed E-state index contributed by atoms with van der Waals surface area (Å²) in [5.74, 6) is 0. The van der Waals surface area contributed by atoms with E-state index in [0.29, 0.717) is 13.1 Å². The van der Waals surface area contributed by atoms with Crippen LogP contribution in [0.3, 0.4) is 0 Å². The normalized spacial score (nSPS) is 25.9. The van der Waals surface area contributed by atoms with E-state index in [1.807, 2.05) is 18.2 Å². The first kappa shape index (κ1) is 14.8. The van der Waals surface area contributed by atoms with Gasteiger partial charge in [0.2, 0.25) is 0 Å². The van der Waals surface area contributed by atoms with Crippen molar-refractivity contribution >= 4 is 11.8 Å². The molecule has 0 unspecified atom stereocenters. The van der Waals surface area contributed by atoms with Gasteiger partial charge >= 0.3 is 6.09 Å². The summed E-state index contributed by atoms with van der Waals surface area (Å²) in [6.07, 6.45) is 7.20. The molecular weight excluding hydrogens is 276 g/mol. The van der Waals surface area contributed by atoms with Crippen molar-refractivity contribution < 1.29 is 9.53 Å². The quantitative estimate of drug-likeness (QED) is 0.785. The van der Waals surface area contributed by atoms with Crippen LogP contribution in [0.5, 0.6) is 0 Å². The van der Waals surface area contributed by atoms with E-state index in [1.54, 1.807) is 4.90 Å². The van der Waals surface area contributed by atoms with Crippen LogP contribution >= 0.6 is 0 Å². The number of hydrogen-bond donors (Lipinski definition) is 0. The van der Waals surface area contributed by atoms with E-state index in [0.717, 1.165) is 25.8 Å². The second-order valence-corrected chi connectivity index (χ2v) is 5.99. The number of carbonyl (C=O) groups excluding carboxylic acids is 1. The molecule has 2 aliphatic rings. The Bertz CT molecular complexity index is 594. The summed E-state index contributed by atoms with van der Waals surface area (Å²) in [5.41, 5.74) is 2.37. The van der Waals surface area contributed by atoms with Crippen molar-refractivity contribution in [3.63, 3.8) is 0 Å². The van der Waals surface area contributed by atoms with Crippen LogP contribution in [0, 0.1) is 5.41 Å². The van der Waals surface area contributed by atoms with E-state index in [9.17, 15) is 4.79 Å². The Morgan fingerprint density at radius 1 is 1.36 bits per heavy atom. The number of methoxy groups -OCH3 is 1. The van der Waals surface area contributed by atoms with Gasteiger partial charge in [-0.15, -0.1) is 0 Å². The van der Waals surface area contributed by atoms with Crippen LogP contribution in [0.2, 0.25) is 0 Å². The van der Waals surface area contributed by atoms with E-state index < -0.39 is 0 Å². The molecule has 1 amide bonds. The molecule has 1 aliphatic heterocycles. The lowest BCUT2D eigenvalue weighted by molar-refractivity contribution is 0.131. The Morgan fingerprint density at radius 3 is 2.95 bits per heavy atom. The third-order valence-electron chi connectivity index (χ3n) is 4.59. The van der Waals surface area contributed by atoms with Crippen LogP contribution in [0.1, 0.15) is 24.8 Å². The molecule has 1 atom stereocenters. The van der Waals surface area contributed by atoms with Crippen molar-refractivity contribution in [1.29, 1.82) is 0 Å². The lowest BCUT2D eigenvalue weighted by atomic mass is 9.76. The van der Waals surface area contributed by atoms with Crippen LogP contribution in [0.15, 0.2) is 47.5 Å². The molecule has 0 N–H and O–H groups in total. The maximum atomic E-state index is 11.8. The van der Waals surface area contributed by atoms with Gasteiger partial charge < -0.3 is 9.64 Å². The molecule has 0 saturated carbocycles. The van der Waals surface area contributed by atoms with Gasteiger partial charge in [0.25, 0.3) is 0 Å². The molecule has 4 heteroatoms. The summed E-state index contributed by atoms with van der Waals surface area (Å²) in [6.45, 7) is 2.13. The summed E-state index contributed by atoms with van der Waals surface area (Å²) in [5, 5.41) is 0. The third kappa shape index (κ3) is 2.91. The van der Waals surface area contributed by atoms with E-state index in [-0.39, 0.29) is 11.5 Å². The van der Waals surface area contributed by atoms with Gasteiger partial charge in [0.05, 0.1) is 13.7 Å². The Hall–Kier alpha value is -2.10. The van der Waals surface area contributed by atoms with Crippen molar-refractivity contribution in [3.8, 4) is 0 Å². The minimum absolute atomic E-state index is 0.0821. The van der Waals surface area contributed by atoms with Gasteiger partial charge in [0.15, 0.2) is 0 Å². The molecule has 4 nitrogen and oxygen atoms in total. The van der Waals surface area contributed by atoms with Gasteiger partial charge in [-0.1, -0.05) is 42.5 Å². The smallest absolute Gasteiger partial charge is 0.409 e. The van der Waals surface area contributed by atoms with E-state index in [4.69, 9.17) is 9.73 Å². The topological polar surface area (TPSA) is 41.9 Å². The number of carbonyl (C=O) groups is 1. The van der Waals surface area contributed by atoms with Crippen LogP contribution in [-0.4, -0.2) is 36.9 Å². The number of benzene rings is 1. The van der Waals surface area contributed by atoms with E-state index >= 15 is 0 Å². The van der Waals surface area contributed by atoms with Gasteiger partial charge in [-0.05, 0) is 24.8 Å². The van der Waals surface area contributed by atoms with Gasteiger partial charge in [0.1, 0.15) is 0 Å². The van der Waals surface area contributed by atoms with Crippen molar-refractivity contribution in [2.24, 2.45) is 10.4 Å². The summed E-state index contributed by atoms with van der Waals surface area (Å²) < 4.78 is 4.86. The predicted octanol–water partition coefficient (Wildman–Crippen LogP) is 3.44. The monoisotopic (exact) mass is 298 g/mol. The number of ether oxygens (including phenoxy) is 1. The molecule has 0 aromatic heterocycles. The molecule has 1 aromatic carbocycles. The number of hydrogen-bond acceptors (Lipinski definition) is 3. The average Bonchev–Trinajstić information content (AvgIpc) is 2.99. The van der Waals surface area contributed by atoms with Crippen molar-refractivity contribution in [3.05, 3.63) is 48.0 Å². The molecule has 1 aromatic rings. The predicted molar refractivity (Wildman–Crippen MR) is 87.0 cm³/mol. The number of allylic oxidation sites excluding steroid dienone is 1. The van der Waals surface area contributed by atoms with Crippen molar-refractivity contribution in [1.82, 2.24) is 4.90 Å². The highest BCUT2D eigenvalue weighted by molar-refractivity contribution is 5.94. The third-order valence-corrected chi connectivity index (χ3v) is 4.59. The number of aliphatic imine (C=N–C) groups is 1. The Morgan fingerprint density at radius 2 is 2.18 bits per heavy atom. The molecular formula is C18H22N2O2. The van der Waals surface area contributed by atoms with E-state index in [2.05, 4.69) is 24.3 Å². The first-order valence-electron chi connectivity index (χ1n) is 7.82. The van der Waals surface area contributed by atoms with Gasteiger partial charge in [-0.25, -0.2) is 4.79 Å². The maximum Gasteiger partial charge on any atom is 0.409 e. The lowest BCUT2D eigenvalue weighted by Crippen LogP contribution is -2.37. The van der Waals surface area contributed by atoms with Gasteiger partial charge in [0, 0.05) is 24.2 Å². The zero-order chi connectivity index (χ0) is 15.4. The summed E-state index contributed by atoms with van der Waals surface area (Å²) in [4.78, 5) is 18.4. The number of amides is 1. The molecule has 1 saturated heterocycles. The fraction of sp³-hybridized carbons (Fsp3) is 0.444. The number of rotatable bonds is 2. The highest BCUT2D eigenvalue weighted by Crippen LogP contribution is 2.38. The standard InChI is InChI=1S/C18H22N2O2/c1-22-17(21)20-12-11-18(14-20)10-6-5-9-16(18)19-13-15-7-3-2-4-8-15/h2-4,6-8,10H,5,9,11-14H2,1H3/t18-/m0/s1. The SMILES string of the molecule is COC(=O)N1CC[C@@]2(C=CCCC2=NCc2ccccc2)C1. The zero-order valence-corrected chi connectivity index (χ0v) is 13.0. The molecule has 22 heavy (non-hydrogen) atoms. The Balaban J connectivity index is 1.78. The largest absolute Gasteiger partial charge is 0.453 e. The fourth-order valence-electron chi connectivity index (χ4n) is 3.37. The molecule has 3 rings (SSSR count). The summed E-state index contributed by atoms with van der Waals surface area (Å²) in [7, 11) is 1.44. The second kappa shape index (κ2) is 6.34. The van der Waals surface area contributed by atoms with Crippen molar-refractivity contribution in [2.75, 3.05) is 20.2 Å².